The molecule has 0 bridgehead atoms. The summed E-state index contributed by atoms with van der Waals surface area (Å²) in [5.41, 5.74) is 0. The van der Waals surface area contributed by atoms with E-state index < -0.39 is 0 Å². The predicted octanol–water partition coefficient (Wildman–Crippen LogP) is 1.61. The summed E-state index contributed by atoms with van der Waals surface area (Å²) in [6.45, 7) is 7.08. The Morgan fingerprint density at radius 3 is 2.50 bits per heavy atom. The van der Waals surface area contributed by atoms with E-state index in [0.29, 0.717) is 6.61 Å². The van der Waals surface area contributed by atoms with Crippen LogP contribution in [0.25, 0.3) is 0 Å². The SMILES string of the molecule is CCCNCCCN(CCCO)C1CCC1. The van der Waals surface area contributed by atoms with Gasteiger partial charge in [-0.05, 0) is 51.7 Å². The van der Waals surface area contributed by atoms with Crippen LogP contribution in [0.4, 0.5) is 0 Å². The number of nitrogens with zero attached hydrogens (tertiary/aromatic N) is 1. The number of hydrogen-bond acceptors (Lipinski definition) is 3. The normalized spacial score (nSPS) is 16.7. The molecule has 0 heterocycles. The first-order valence-electron chi connectivity index (χ1n) is 6.94. The topological polar surface area (TPSA) is 35.5 Å². The summed E-state index contributed by atoms with van der Waals surface area (Å²) < 4.78 is 0. The van der Waals surface area contributed by atoms with Crippen LogP contribution < -0.4 is 5.32 Å². The number of nitrogens with one attached hydrogen (secondary N) is 1. The number of hydrogen-bond donors (Lipinski definition) is 2. The molecule has 0 unspecified atom stereocenters. The summed E-state index contributed by atoms with van der Waals surface area (Å²) >= 11 is 0. The van der Waals surface area contributed by atoms with Crippen molar-refractivity contribution in [2.24, 2.45) is 0 Å². The first-order valence-corrected chi connectivity index (χ1v) is 6.94. The molecule has 16 heavy (non-hydrogen) atoms. The molecule has 1 rings (SSSR count). The van der Waals surface area contributed by atoms with Gasteiger partial charge in [0.2, 0.25) is 0 Å². The Morgan fingerprint density at radius 1 is 1.19 bits per heavy atom. The van der Waals surface area contributed by atoms with Gasteiger partial charge in [-0.15, -0.1) is 0 Å². The third-order valence-electron chi connectivity index (χ3n) is 3.42. The molecule has 0 aromatic carbocycles. The van der Waals surface area contributed by atoms with Crippen molar-refractivity contribution in [2.75, 3.05) is 32.8 Å². The van der Waals surface area contributed by atoms with Gasteiger partial charge in [0.05, 0.1) is 0 Å². The molecule has 0 aromatic rings. The fraction of sp³-hybridized carbons (Fsp3) is 1.00. The van der Waals surface area contributed by atoms with Crippen molar-refractivity contribution in [2.45, 2.75) is 51.5 Å². The molecule has 1 saturated carbocycles. The second-order valence-electron chi connectivity index (χ2n) is 4.80. The molecule has 0 aliphatic heterocycles. The van der Waals surface area contributed by atoms with Gasteiger partial charge in [-0.1, -0.05) is 13.3 Å². The summed E-state index contributed by atoms with van der Waals surface area (Å²) in [6, 6.07) is 0.817. The first-order chi connectivity index (χ1) is 7.88. The Kier molecular flexibility index (Phi) is 7.81. The lowest BCUT2D eigenvalue weighted by atomic mass is 9.91. The molecule has 0 saturated heterocycles. The van der Waals surface area contributed by atoms with Crippen molar-refractivity contribution in [1.82, 2.24) is 10.2 Å². The maximum atomic E-state index is 8.89. The largest absolute Gasteiger partial charge is 0.396 e. The minimum absolute atomic E-state index is 0.331. The standard InChI is InChI=1S/C13H28N2O/c1-2-8-14-9-4-10-15(11-5-12-16)13-6-3-7-13/h13-14,16H,2-12H2,1H3. The van der Waals surface area contributed by atoms with Crippen molar-refractivity contribution in [3.63, 3.8) is 0 Å². The molecule has 2 N–H and O–H groups in total. The average Bonchev–Trinajstić information content (AvgIpc) is 2.22. The third-order valence-corrected chi connectivity index (χ3v) is 3.42. The highest BCUT2D eigenvalue weighted by atomic mass is 16.3. The zero-order chi connectivity index (χ0) is 11.6. The fourth-order valence-electron chi connectivity index (χ4n) is 2.21. The predicted molar refractivity (Wildman–Crippen MR) is 68.7 cm³/mol. The second-order valence-corrected chi connectivity index (χ2v) is 4.80. The zero-order valence-electron chi connectivity index (χ0n) is 10.7. The summed E-state index contributed by atoms with van der Waals surface area (Å²) in [5, 5.41) is 12.3. The van der Waals surface area contributed by atoms with Crippen molar-refractivity contribution >= 4 is 0 Å². The highest BCUT2D eigenvalue weighted by Gasteiger charge is 2.23. The molecule has 96 valence electrons. The van der Waals surface area contributed by atoms with Gasteiger partial charge in [0.1, 0.15) is 0 Å². The van der Waals surface area contributed by atoms with E-state index in [0.717, 1.165) is 32.1 Å². The van der Waals surface area contributed by atoms with Gasteiger partial charge in [-0.3, -0.25) is 0 Å². The van der Waals surface area contributed by atoms with E-state index >= 15 is 0 Å². The third kappa shape index (κ3) is 5.28. The Morgan fingerprint density at radius 2 is 1.94 bits per heavy atom. The summed E-state index contributed by atoms with van der Waals surface area (Å²) in [4.78, 5) is 2.58. The van der Waals surface area contributed by atoms with Crippen LogP contribution in [0.3, 0.4) is 0 Å². The van der Waals surface area contributed by atoms with Gasteiger partial charge in [0.25, 0.3) is 0 Å². The Labute approximate surface area is 100 Å². The van der Waals surface area contributed by atoms with Crippen LogP contribution >= 0.6 is 0 Å². The summed E-state index contributed by atoms with van der Waals surface area (Å²) in [7, 11) is 0. The minimum Gasteiger partial charge on any atom is -0.396 e. The number of aliphatic hydroxyl groups is 1. The van der Waals surface area contributed by atoms with Crippen LogP contribution in [0, 0.1) is 0 Å². The van der Waals surface area contributed by atoms with Crippen molar-refractivity contribution in [3.05, 3.63) is 0 Å². The van der Waals surface area contributed by atoms with Crippen LogP contribution in [-0.4, -0.2) is 48.8 Å². The molecule has 0 spiro atoms. The number of rotatable bonds is 10. The van der Waals surface area contributed by atoms with Crippen LogP contribution in [0.2, 0.25) is 0 Å². The fourth-order valence-corrected chi connectivity index (χ4v) is 2.21. The maximum Gasteiger partial charge on any atom is 0.0443 e. The van der Waals surface area contributed by atoms with E-state index in [2.05, 4.69) is 17.1 Å². The smallest absolute Gasteiger partial charge is 0.0443 e. The Balaban J connectivity index is 2.06. The van der Waals surface area contributed by atoms with E-state index in [1.54, 1.807) is 0 Å². The molecule has 0 aromatic heterocycles. The lowest BCUT2D eigenvalue weighted by molar-refractivity contribution is 0.115. The zero-order valence-corrected chi connectivity index (χ0v) is 10.7. The van der Waals surface area contributed by atoms with E-state index in [4.69, 9.17) is 5.11 Å². The van der Waals surface area contributed by atoms with E-state index in [1.165, 1.54) is 38.6 Å². The van der Waals surface area contributed by atoms with Crippen molar-refractivity contribution in [3.8, 4) is 0 Å². The van der Waals surface area contributed by atoms with Crippen LogP contribution in [0.15, 0.2) is 0 Å². The van der Waals surface area contributed by atoms with Crippen LogP contribution in [0.1, 0.15) is 45.4 Å². The van der Waals surface area contributed by atoms with Gasteiger partial charge < -0.3 is 15.3 Å². The summed E-state index contributed by atoms with van der Waals surface area (Å²) in [6.07, 6.45) is 7.52. The molecule has 3 nitrogen and oxygen atoms in total. The summed E-state index contributed by atoms with van der Waals surface area (Å²) in [5.74, 6) is 0. The molecule has 1 aliphatic carbocycles. The average molecular weight is 228 g/mol. The van der Waals surface area contributed by atoms with E-state index in [-0.39, 0.29) is 0 Å². The van der Waals surface area contributed by atoms with Gasteiger partial charge >= 0.3 is 0 Å². The highest BCUT2D eigenvalue weighted by molar-refractivity contribution is 4.80. The van der Waals surface area contributed by atoms with Crippen LogP contribution in [0.5, 0.6) is 0 Å². The minimum atomic E-state index is 0.331. The maximum absolute atomic E-state index is 8.89. The van der Waals surface area contributed by atoms with Gasteiger partial charge in [0.15, 0.2) is 0 Å². The number of aliphatic hydroxyl groups excluding tert-OH is 1. The van der Waals surface area contributed by atoms with Crippen molar-refractivity contribution in [1.29, 1.82) is 0 Å². The molecular weight excluding hydrogens is 200 g/mol. The van der Waals surface area contributed by atoms with Crippen LogP contribution in [-0.2, 0) is 0 Å². The molecule has 1 aliphatic rings. The molecule has 3 heteroatoms. The molecular formula is C13H28N2O. The second kappa shape index (κ2) is 8.97. The molecule has 1 fully saturated rings. The van der Waals surface area contributed by atoms with Gasteiger partial charge in [0, 0.05) is 19.2 Å². The van der Waals surface area contributed by atoms with E-state index in [9.17, 15) is 0 Å². The lowest BCUT2D eigenvalue weighted by Gasteiger charge is -2.37. The lowest BCUT2D eigenvalue weighted by Crippen LogP contribution is -2.42. The molecule has 0 radical (unpaired) electrons. The van der Waals surface area contributed by atoms with Gasteiger partial charge in [-0.25, -0.2) is 0 Å². The first kappa shape index (κ1) is 13.9. The Bertz CT molecular complexity index is 160. The van der Waals surface area contributed by atoms with E-state index in [1.807, 2.05) is 0 Å². The highest BCUT2D eigenvalue weighted by Crippen LogP contribution is 2.24. The quantitative estimate of drug-likeness (QED) is 0.558. The van der Waals surface area contributed by atoms with Crippen molar-refractivity contribution < 1.29 is 5.11 Å². The Hall–Kier alpha value is -0.120. The molecule has 0 atom stereocenters. The monoisotopic (exact) mass is 228 g/mol. The molecule has 0 amide bonds. The van der Waals surface area contributed by atoms with Gasteiger partial charge in [-0.2, -0.15) is 0 Å².